The quantitative estimate of drug-likeness (QED) is 0.0746. The molecule has 0 aromatic heterocycles. The Balaban J connectivity index is 0.781. The van der Waals surface area contributed by atoms with Gasteiger partial charge < -0.3 is 9.22 Å². The molecule has 3 nitrogen and oxygen atoms in total. The molecule has 8 atom stereocenters. The van der Waals surface area contributed by atoms with Crippen LogP contribution in [0.25, 0.3) is 291 Å². The Morgan fingerprint density at radius 1 is 0.396 bits per heavy atom. The maximum Gasteiger partial charge on any atom is 0.346 e. The van der Waals surface area contributed by atoms with Crippen molar-refractivity contribution in [1.82, 2.24) is 0 Å². The summed E-state index contributed by atoms with van der Waals surface area (Å²) in [7, 11) is 5.75. The summed E-state index contributed by atoms with van der Waals surface area (Å²) in [6, 6.07) is 0. The molecule has 91 heavy (non-hydrogen) atoms. The minimum absolute atomic E-state index is 0.00907. The van der Waals surface area contributed by atoms with Gasteiger partial charge in [0.15, 0.2) is 0 Å². The molecule has 1 aliphatic heterocycles. The van der Waals surface area contributed by atoms with Gasteiger partial charge in [-0.05, 0) is 399 Å². The van der Waals surface area contributed by atoms with Crippen molar-refractivity contribution < 1.29 is 14.0 Å². The minimum atomic E-state index is -0.250. The van der Waals surface area contributed by atoms with E-state index in [4.69, 9.17) is 4.74 Å². The average Bonchev–Trinajstić information content (AvgIpc) is 1.38. The van der Waals surface area contributed by atoms with Crippen molar-refractivity contribution in [3.05, 3.63) is 51.8 Å². The van der Waals surface area contributed by atoms with E-state index >= 15 is 0 Å². The molecule has 1 heterocycles. The maximum atomic E-state index is 13.7. The number of likely N-dealkylation sites (tertiary alicyclic amines) is 1. The van der Waals surface area contributed by atoms with Gasteiger partial charge in [-0.25, -0.2) is 4.79 Å². The van der Waals surface area contributed by atoms with Gasteiger partial charge in [-0.2, -0.15) is 0 Å². The van der Waals surface area contributed by atoms with Crippen LogP contribution in [0.5, 0.6) is 0 Å². The molecule has 0 N–H and O–H groups in total. The number of ether oxygens (including phenoxy) is 1. The van der Waals surface area contributed by atoms with E-state index in [1.54, 1.807) is 291 Å². The lowest BCUT2D eigenvalue weighted by Crippen LogP contribution is -2.70. The largest absolute Gasteiger partial charge is 0.458 e. The first-order chi connectivity index (χ1) is 44.7. The van der Waals surface area contributed by atoms with E-state index in [0.717, 1.165) is 10.9 Å². The summed E-state index contributed by atoms with van der Waals surface area (Å²) in [6.45, 7) is 6.62. The first kappa shape index (κ1) is 38.8. The predicted octanol–water partition coefficient (Wildman–Crippen LogP) is 21.7. The number of fused-ring (bicyclic) bond motifs is 5. The highest BCUT2D eigenvalue weighted by molar-refractivity contribution is 6.82. The molecule has 0 bridgehead atoms. The Hall–Kier alpha value is -8.85. The Morgan fingerprint density at radius 3 is 1.09 bits per heavy atom. The highest BCUT2D eigenvalue weighted by atomic mass is 16.5. The van der Waals surface area contributed by atoms with E-state index in [1.165, 1.54) is 57.9 Å². The van der Waals surface area contributed by atoms with Gasteiger partial charge in [0.25, 0.3) is 0 Å². The number of likely N-dealkylation sites (N-methyl/N-ethyl adjacent to an activating group) is 1. The lowest BCUT2D eigenvalue weighted by atomic mass is 9.38. The molecule has 0 radical (unpaired) electrons. The van der Waals surface area contributed by atoms with Crippen molar-refractivity contribution >= 4 is 297 Å². The van der Waals surface area contributed by atoms with Crippen LogP contribution in [0, 0.1) is 34.5 Å². The van der Waals surface area contributed by atoms with Crippen LogP contribution < -0.4 is 0 Å². The van der Waals surface area contributed by atoms with E-state index in [1.807, 2.05) is 40.5 Å². The van der Waals surface area contributed by atoms with E-state index in [0.29, 0.717) is 29.2 Å². The zero-order chi connectivity index (χ0) is 56.1. The Labute approximate surface area is 508 Å². The van der Waals surface area contributed by atoms with Crippen molar-refractivity contribution in [2.75, 3.05) is 20.6 Å². The third kappa shape index (κ3) is 2.37. The Bertz CT molecular complexity index is 8180. The molecule has 10 aliphatic rings. The third-order valence-corrected chi connectivity index (χ3v) is 35.7. The molecule has 0 amide bonds. The molecule has 38 rings (SSSR count). The topological polar surface area (TPSA) is 26.3 Å². The van der Waals surface area contributed by atoms with Gasteiger partial charge in [-0.3, -0.25) is 0 Å². The molecule has 5 fully saturated rings. The van der Waals surface area contributed by atoms with Gasteiger partial charge in [-0.15, -0.1) is 5.73 Å². The number of benzene rings is 18. The normalized spacial score (nSPS) is 33.1. The number of allylic oxidation sites excluding steroid dienone is 1. The summed E-state index contributed by atoms with van der Waals surface area (Å²) in [4.78, 5) is 13.7. The fraction of sp³-hybridized carbons (Fsp3) is 0.273. The summed E-state index contributed by atoms with van der Waals surface area (Å²) >= 11 is 0. The number of rotatable bonds is 2. The van der Waals surface area contributed by atoms with Gasteiger partial charge in [0, 0.05) is 18.3 Å². The number of carbonyl (C=O) groups is 1. The molecule has 3 spiro atoms. The summed E-state index contributed by atoms with van der Waals surface area (Å²) in [5, 5.41) is 92.2. The lowest BCUT2D eigenvalue weighted by Gasteiger charge is -2.66. The summed E-state index contributed by atoms with van der Waals surface area (Å²) < 4.78 is 7.70. The third-order valence-electron chi connectivity index (χ3n) is 35.7. The number of quaternary nitrogens is 1. The molecule has 28 aromatic carbocycles. The van der Waals surface area contributed by atoms with Crippen LogP contribution in [0.3, 0.4) is 0 Å². The number of hydrogen-bond acceptors (Lipinski definition) is 2. The van der Waals surface area contributed by atoms with Crippen molar-refractivity contribution in [3.63, 3.8) is 0 Å². The van der Waals surface area contributed by atoms with Crippen LogP contribution in [0.1, 0.15) is 93.9 Å². The van der Waals surface area contributed by atoms with E-state index in [-0.39, 0.29) is 39.3 Å². The van der Waals surface area contributed by atoms with Gasteiger partial charge in [0.2, 0.25) is 0 Å². The average molecular weight is 1140 g/mol. The van der Waals surface area contributed by atoms with Crippen LogP contribution in [0.2, 0.25) is 0 Å². The zero-order valence-corrected chi connectivity index (χ0v) is 50.0. The zero-order valence-electron chi connectivity index (χ0n) is 50.0. The number of hydrogen-bond donors (Lipinski definition) is 0. The molecular weight excluding hydrogens is 1100 g/mol. The van der Waals surface area contributed by atoms with E-state index in [2.05, 4.69) is 33.7 Å². The number of nitrogens with zero attached hydrogens (tertiary/aromatic N) is 1. The molecular formula is C88H40NO2+. The van der Waals surface area contributed by atoms with Crippen LogP contribution in [-0.2, 0) is 20.4 Å². The smallest absolute Gasteiger partial charge is 0.346 e. The molecule has 408 valence electrons. The predicted molar refractivity (Wildman–Crippen MR) is 376 cm³/mol. The summed E-state index contributed by atoms with van der Waals surface area (Å²) in [5.74, 6) is 2.48. The number of carbonyl (C=O) groups excluding carboxylic acids is 1. The van der Waals surface area contributed by atoms with Crippen molar-refractivity contribution in [1.29, 1.82) is 0 Å². The second-order valence-corrected chi connectivity index (χ2v) is 36.2. The summed E-state index contributed by atoms with van der Waals surface area (Å²) in [5.41, 5.74) is 11.0. The van der Waals surface area contributed by atoms with Crippen molar-refractivity contribution in [2.24, 2.45) is 34.5 Å². The van der Waals surface area contributed by atoms with Gasteiger partial charge >= 0.3 is 5.97 Å². The molecule has 3 heteroatoms. The molecule has 9 aliphatic carbocycles. The first-order valence-corrected chi connectivity index (χ1v) is 35.6. The Kier molecular flexibility index (Phi) is 3.95. The molecule has 1 saturated heterocycles. The lowest BCUT2D eigenvalue weighted by molar-refractivity contribution is -0.935. The van der Waals surface area contributed by atoms with Crippen LogP contribution in [0.15, 0.2) is 29.5 Å². The minimum Gasteiger partial charge on any atom is -0.458 e. The van der Waals surface area contributed by atoms with Gasteiger partial charge in [0.1, 0.15) is 17.2 Å². The van der Waals surface area contributed by atoms with Crippen molar-refractivity contribution in [2.45, 2.75) is 94.1 Å². The fourth-order valence-corrected chi connectivity index (χ4v) is 34.7. The molecule has 28 aromatic rings. The Morgan fingerprint density at radius 2 is 0.736 bits per heavy atom. The van der Waals surface area contributed by atoms with Crippen LogP contribution in [-0.4, -0.2) is 42.7 Å². The van der Waals surface area contributed by atoms with Gasteiger partial charge in [-0.1, -0.05) is 19.9 Å². The summed E-state index contributed by atoms with van der Waals surface area (Å²) in [6.07, 6.45) is 16.9. The standard InChI is InChI=1S/C88H40NO2/c1-84-15-16-86(17-20(84)9-10-21-22-11-12-24(85(22,2)14-13-23(21)84)91-83(90)19-7-5-6-8-19)88-81-75-69-59-47-39-31-27-25-26-29-33(31)41(47)51-45-37(29)38-30(26)34-32-28(25)36-35(27)43-49(39)57-63-53(43)54-44(36)50-40(32)48-42(34)52-46(38)56-55(45)67(61(51)69)77(81)78-68(56)62(52)70-60(48)66-58(50)64(54)72-71(63)79(73(75)65(57)59)87(88,18-89(86,3)4)80(72)74(66)76(70)82(78)88/h5-7,20-24H,9-18H2,1-4H3/q+1/t20-,21-,22-,23-,24-,84-,85-,86-,87?,88?/m0/s1. The van der Waals surface area contributed by atoms with Crippen LogP contribution >= 0.6 is 0 Å². The first-order valence-electron chi connectivity index (χ1n) is 35.6. The fourth-order valence-electron chi connectivity index (χ4n) is 34.7. The molecule has 4 saturated carbocycles. The second-order valence-electron chi connectivity index (χ2n) is 36.2. The SMILES string of the molecule is C[C@]12CC[C@]3(C[C@@H]1CC[C@@H]1[C@@H]2CC[C@]2(C)[C@@H](OC(=O)C4=C=CC=C4)CC[C@@H]12)C12c4c5c6c7c8c9c(c%10c%11c1c1c4c4c%12c5c5c6c6c8c8c%13c9c9c%10c%10c%11c%11c1c1c4c4c%12c%12c5c5c6c8c6c8c%13c9c9c%10c%10c%11c1c1c4c4c%12c5c6c5c8c9c%10c1c45)C72C[N+]3(C)C. The van der Waals surface area contributed by atoms with E-state index in [9.17, 15) is 4.79 Å². The highest BCUT2D eigenvalue weighted by Crippen LogP contribution is 2.89. The monoisotopic (exact) mass is 1140 g/mol. The maximum absolute atomic E-state index is 13.7. The molecule has 0 unspecified atom stereocenters. The van der Waals surface area contributed by atoms with Crippen molar-refractivity contribution in [3.8, 4) is 0 Å². The highest BCUT2D eigenvalue weighted by Gasteiger charge is 2.86. The van der Waals surface area contributed by atoms with Crippen LogP contribution in [0.4, 0.5) is 0 Å². The second kappa shape index (κ2) is 9.27. The van der Waals surface area contributed by atoms with Gasteiger partial charge in [0.05, 0.1) is 31.5 Å². The number of esters is 1. The van der Waals surface area contributed by atoms with E-state index < -0.39 is 0 Å².